The smallest absolute Gasteiger partial charge is 0.237 e. The van der Waals surface area contributed by atoms with Crippen LogP contribution < -0.4 is 18.9 Å². The topological polar surface area (TPSA) is 73.8 Å². The summed E-state index contributed by atoms with van der Waals surface area (Å²) in [6, 6.07) is 33.5. The van der Waals surface area contributed by atoms with Gasteiger partial charge in [0.05, 0.1) is 25.0 Å². The molecule has 0 N–H and O–H groups in total. The molecule has 4 atom stereocenters. The van der Waals surface area contributed by atoms with Gasteiger partial charge in [0.2, 0.25) is 25.2 Å². The number of hydrogen-bond donors (Lipinski definition) is 0. The van der Waals surface area contributed by atoms with Gasteiger partial charge in [-0.05, 0) is 90.0 Å². The van der Waals surface area contributed by atoms with Crippen molar-refractivity contribution in [2.75, 3.05) is 0 Å². The first-order valence-electron chi connectivity index (χ1n) is 18.3. The zero-order chi connectivity index (χ0) is 38.6. The van der Waals surface area contributed by atoms with Crippen LogP contribution in [0.25, 0.3) is 0 Å². The normalized spacial score (nSPS) is 20.1. The molecule has 1 aliphatic rings. The molecular weight excluding hydrogens is 680 g/mol. The molecule has 4 aromatic rings. The van der Waals surface area contributed by atoms with Crippen molar-refractivity contribution in [3.63, 3.8) is 0 Å². The second-order valence-corrected chi connectivity index (χ2v) is 13.2. The molecule has 5 rings (SSSR count). The molecule has 8 nitrogen and oxygen atoms in total. The fourth-order valence-corrected chi connectivity index (χ4v) is 7.53. The Morgan fingerprint density at radius 3 is 0.833 bits per heavy atom. The van der Waals surface area contributed by atoms with E-state index in [4.69, 9.17) is 37.9 Å². The first-order chi connectivity index (χ1) is 26.1. The van der Waals surface area contributed by atoms with E-state index in [1.54, 1.807) is 0 Å². The minimum Gasteiger partial charge on any atom is -0.463 e. The first-order valence-corrected chi connectivity index (χ1v) is 18.3. The summed E-state index contributed by atoms with van der Waals surface area (Å²) in [6.07, 6.45) is 7.24. The Labute approximate surface area is 320 Å². The van der Waals surface area contributed by atoms with Crippen LogP contribution in [0.3, 0.4) is 0 Å². The lowest BCUT2D eigenvalue weighted by molar-refractivity contribution is -0.0135. The highest BCUT2D eigenvalue weighted by atomic mass is 16.7. The molecule has 1 saturated carbocycles. The van der Waals surface area contributed by atoms with E-state index in [-0.39, 0.29) is 0 Å². The number of benzene rings is 4. The molecule has 4 aromatic carbocycles. The highest BCUT2D eigenvalue weighted by molar-refractivity contribution is 5.51. The monoisotopic (exact) mass is 732 g/mol. The van der Waals surface area contributed by atoms with Crippen molar-refractivity contribution in [3.8, 4) is 23.0 Å². The van der Waals surface area contributed by atoms with Gasteiger partial charge in [-0.1, -0.05) is 81.3 Å². The van der Waals surface area contributed by atoms with Crippen LogP contribution >= 0.6 is 0 Å². The molecule has 0 heterocycles. The van der Waals surface area contributed by atoms with Gasteiger partial charge in [-0.2, -0.15) is 0 Å². The molecule has 1 fully saturated rings. The molecular formula is C46H52O8. The Kier molecular flexibility index (Phi) is 13.4. The maximum absolute atomic E-state index is 6.01. The van der Waals surface area contributed by atoms with Crippen molar-refractivity contribution >= 4 is 0 Å². The summed E-state index contributed by atoms with van der Waals surface area (Å²) in [5.41, 5.74) is 3.92. The van der Waals surface area contributed by atoms with Crippen LogP contribution in [-0.4, -0.2) is 25.2 Å². The predicted molar refractivity (Wildman–Crippen MR) is 211 cm³/mol. The van der Waals surface area contributed by atoms with Crippen molar-refractivity contribution in [2.24, 2.45) is 0 Å². The van der Waals surface area contributed by atoms with Crippen LogP contribution in [0.2, 0.25) is 0 Å². The fraction of sp³-hybridized carbons (Fsp3) is 0.304. The van der Waals surface area contributed by atoms with Gasteiger partial charge in [0.15, 0.2) is 0 Å². The SMILES string of the molecule is C=COC(C)Oc1ccc(C2(c3ccc(OC(C)OC=C)cc3)CCCC(c3ccc(OC(C)OC=C)cc3)(c3ccc(OC(C)OC=C)cc3)C2)cc1. The van der Waals surface area contributed by atoms with E-state index in [0.717, 1.165) is 25.7 Å². The quantitative estimate of drug-likeness (QED) is 0.0657. The third kappa shape index (κ3) is 9.42. The highest BCUT2D eigenvalue weighted by Crippen LogP contribution is 2.56. The van der Waals surface area contributed by atoms with Crippen LogP contribution in [0.1, 0.15) is 75.6 Å². The lowest BCUT2D eigenvalue weighted by atomic mass is 9.53. The van der Waals surface area contributed by atoms with Gasteiger partial charge in [0, 0.05) is 38.5 Å². The van der Waals surface area contributed by atoms with Gasteiger partial charge >= 0.3 is 0 Å². The number of ether oxygens (including phenoxy) is 8. The Hall–Kier alpha value is -5.76. The van der Waals surface area contributed by atoms with Crippen molar-refractivity contribution in [1.82, 2.24) is 0 Å². The first kappa shape index (κ1) is 39.4. The van der Waals surface area contributed by atoms with Crippen molar-refractivity contribution in [1.29, 1.82) is 0 Å². The van der Waals surface area contributed by atoms with Gasteiger partial charge in [0.1, 0.15) is 23.0 Å². The van der Waals surface area contributed by atoms with E-state index in [9.17, 15) is 0 Å². The number of rotatable bonds is 20. The van der Waals surface area contributed by atoms with Crippen molar-refractivity contribution < 1.29 is 37.9 Å². The van der Waals surface area contributed by atoms with Crippen molar-refractivity contribution in [3.05, 3.63) is 171 Å². The zero-order valence-electron chi connectivity index (χ0n) is 31.8. The Morgan fingerprint density at radius 2 is 0.630 bits per heavy atom. The standard InChI is InChI=1S/C46H52O8/c1-9-47-33(5)51-41-22-14-37(15-23-41)45(38-16-24-42(25-17-38)52-34(6)48-10-2)30-13-31-46(32-45,39-18-26-43(27-19-39)53-35(7)49-11-3)40-20-28-44(29-21-40)54-36(8)50-12-4/h9-12,14-29,33-36H,1-4,13,30-32H2,5-8H3. The number of hydrogen-bond acceptors (Lipinski definition) is 8. The summed E-state index contributed by atoms with van der Waals surface area (Å²) in [6.45, 7) is 21.9. The molecule has 0 aromatic heterocycles. The molecule has 0 spiro atoms. The molecule has 0 aliphatic heterocycles. The van der Waals surface area contributed by atoms with E-state index < -0.39 is 36.0 Å². The largest absolute Gasteiger partial charge is 0.463 e. The molecule has 8 heteroatoms. The Bertz CT molecular complexity index is 1540. The minimum absolute atomic E-state index is 0.398. The molecule has 284 valence electrons. The van der Waals surface area contributed by atoms with Crippen LogP contribution in [0.15, 0.2) is 148 Å². The third-order valence-corrected chi connectivity index (χ3v) is 9.80. The molecule has 54 heavy (non-hydrogen) atoms. The second-order valence-electron chi connectivity index (χ2n) is 13.2. The summed E-state index contributed by atoms with van der Waals surface area (Å²) in [4.78, 5) is 0. The van der Waals surface area contributed by atoms with Gasteiger partial charge < -0.3 is 37.9 Å². The van der Waals surface area contributed by atoms with Crippen LogP contribution in [0.5, 0.6) is 23.0 Å². The van der Waals surface area contributed by atoms with Crippen LogP contribution in [0.4, 0.5) is 0 Å². The molecule has 0 radical (unpaired) electrons. The Morgan fingerprint density at radius 1 is 0.407 bits per heavy atom. The molecule has 0 amide bonds. The van der Waals surface area contributed by atoms with Gasteiger partial charge in [-0.15, -0.1) is 0 Å². The van der Waals surface area contributed by atoms with E-state index in [1.165, 1.54) is 47.3 Å². The third-order valence-electron chi connectivity index (χ3n) is 9.80. The van der Waals surface area contributed by atoms with Gasteiger partial charge in [-0.25, -0.2) is 0 Å². The maximum Gasteiger partial charge on any atom is 0.237 e. The van der Waals surface area contributed by atoms with E-state index in [0.29, 0.717) is 23.0 Å². The second kappa shape index (κ2) is 18.3. The van der Waals surface area contributed by atoms with Gasteiger partial charge in [0.25, 0.3) is 0 Å². The molecule has 0 saturated heterocycles. The minimum atomic E-state index is -0.471. The van der Waals surface area contributed by atoms with Gasteiger partial charge in [-0.3, -0.25) is 0 Å². The van der Waals surface area contributed by atoms with Crippen LogP contribution in [0, 0.1) is 0 Å². The average molecular weight is 733 g/mol. The lowest BCUT2D eigenvalue weighted by Crippen LogP contribution is -2.43. The van der Waals surface area contributed by atoms with E-state index in [2.05, 4.69) is 74.8 Å². The summed E-state index contributed by atoms with van der Waals surface area (Å²) < 4.78 is 45.7. The highest BCUT2D eigenvalue weighted by Gasteiger charge is 2.48. The molecule has 0 bridgehead atoms. The summed E-state index contributed by atoms with van der Waals surface area (Å²) in [5.74, 6) is 2.84. The average Bonchev–Trinajstić information content (AvgIpc) is 3.16. The fourth-order valence-electron chi connectivity index (χ4n) is 7.53. The molecule has 4 unspecified atom stereocenters. The Balaban J connectivity index is 1.62. The van der Waals surface area contributed by atoms with E-state index in [1.807, 2.05) is 76.2 Å². The summed E-state index contributed by atoms with van der Waals surface area (Å²) in [5, 5.41) is 0. The lowest BCUT2D eigenvalue weighted by Gasteiger charge is -2.50. The van der Waals surface area contributed by atoms with E-state index >= 15 is 0 Å². The van der Waals surface area contributed by atoms with Crippen molar-refractivity contribution in [2.45, 2.75) is 89.4 Å². The molecule has 1 aliphatic carbocycles. The summed E-state index contributed by atoms with van der Waals surface area (Å²) >= 11 is 0. The zero-order valence-corrected chi connectivity index (χ0v) is 31.8. The van der Waals surface area contributed by atoms with Crippen LogP contribution in [-0.2, 0) is 29.8 Å². The maximum atomic E-state index is 6.01. The summed E-state index contributed by atoms with van der Waals surface area (Å²) in [7, 11) is 0. The predicted octanol–water partition coefficient (Wildman–Crippen LogP) is 11.1.